The molecule has 2 aromatic rings. The molecule has 0 aliphatic carbocycles. The number of anilines is 1. The molecule has 2 rings (SSSR count). The van der Waals surface area contributed by atoms with Crippen molar-refractivity contribution >= 4 is 17.0 Å². The minimum Gasteiger partial charge on any atom is -0.494 e. The van der Waals surface area contributed by atoms with Gasteiger partial charge in [-0.3, -0.25) is 0 Å². The molecule has 0 aliphatic heterocycles. The molecule has 98 valence electrons. The molecule has 0 radical (unpaired) electrons. The Balaban J connectivity index is 2.59. The third-order valence-corrected chi connectivity index (χ3v) is 4.12. The Hall–Kier alpha value is -2.06. The number of methoxy groups -OCH3 is 1. The molecule has 1 aromatic carbocycles. The van der Waals surface area contributed by atoms with E-state index in [1.54, 1.807) is 12.1 Å². The third-order valence-electron chi connectivity index (χ3n) is 2.92. The first-order chi connectivity index (χ1) is 9.12. The van der Waals surface area contributed by atoms with E-state index in [9.17, 15) is 4.39 Å². The molecule has 0 saturated carbocycles. The van der Waals surface area contributed by atoms with Crippen LogP contribution in [0.2, 0.25) is 0 Å². The minimum atomic E-state index is -0.424. The minimum absolute atomic E-state index is 0.201. The Labute approximate surface area is 115 Å². The average molecular weight is 276 g/mol. The van der Waals surface area contributed by atoms with Crippen molar-refractivity contribution in [3.05, 3.63) is 34.5 Å². The van der Waals surface area contributed by atoms with E-state index in [-0.39, 0.29) is 5.75 Å². The Kier molecular flexibility index (Phi) is 3.72. The number of thiophene rings is 1. The lowest BCUT2D eigenvalue weighted by atomic mass is 10.1. The summed E-state index contributed by atoms with van der Waals surface area (Å²) >= 11 is 1.29. The SMILES string of the molecule is CCc1c(-c2ccc(OC)c(F)c2)sc(C#N)c1N. The van der Waals surface area contributed by atoms with Crippen LogP contribution < -0.4 is 10.5 Å². The Bertz CT molecular complexity index is 658. The highest BCUT2D eigenvalue weighted by Gasteiger charge is 2.17. The van der Waals surface area contributed by atoms with Crippen LogP contribution in [0.3, 0.4) is 0 Å². The maximum atomic E-state index is 13.7. The first-order valence-electron chi connectivity index (χ1n) is 5.77. The Morgan fingerprint density at radius 3 is 2.74 bits per heavy atom. The molecule has 0 unspecified atom stereocenters. The van der Waals surface area contributed by atoms with Gasteiger partial charge in [0.1, 0.15) is 10.9 Å². The molecule has 5 heteroatoms. The van der Waals surface area contributed by atoms with Crippen molar-refractivity contribution in [1.29, 1.82) is 5.26 Å². The van der Waals surface area contributed by atoms with E-state index in [1.165, 1.54) is 24.5 Å². The number of ether oxygens (including phenoxy) is 1. The number of nitrogens with zero attached hydrogens (tertiary/aromatic N) is 1. The van der Waals surface area contributed by atoms with Gasteiger partial charge in [-0.05, 0) is 35.7 Å². The molecular weight excluding hydrogens is 263 g/mol. The van der Waals surface area contributed by atoms with E-state index >= 15 is 0 Å². The molecule has 1 heterocycles. The van der Waals surface area contributed by atoms with Crippen LogP contribution in [0.1, 0.15) is 17.4 Å². The second kappa shape index (κ2) is 5.29. The van der Waals surface area contributed by atoms with Crippen molar-refractivity contribution < 1.29 is 9.13 Å². The lowest BCUT2D eigenvalue weighted by molar-refractivity contribution is 0.386. The molecule has 3 nitrogen and oxygen atoms in total. The van der Waals surface area contributed by atoms with Crippen molar-refractivity contribution in [1.82, 2.24) is 0 Å². The van der Waals surface area contributed by atoms with Crippen molar-refractivity contribution in [2.75, 3.05) is 12.8 Å². The fourth-order valence-electron chi connectivity index (χ4n) is 1.95. The topological polar surface area (TPSA) is 59.0 Å². The highest BCUT2D eigenvalue weighted by molar-refractivity contribution is 7.16. The molecule has 0 spiro atoms. The summed E-state index contributed by atoms with van der Waals surface area (Å²) in [4.78, 5) is 1.32. The van der Waals surface area contributed by atoms with Crippen LogP contribution in [0.5, 0.6) is 5.75 Å². The van der Waals surface area contributed by atoms with Crippen LogP contribution in [0.4, 0.5) is 10.1 Å². The Morgan fingerprint density at radius 2 is 2.21 bits per heavy atom. The fourth-order valence-corrected chi connectivity index (χ4v) is 3.06. The van der Waals surface area contributed by atoms with E-state index in [0.29, 0.717) is 22.5 Å². The van der Waals surface area contributed by atoms with Crippen LogP contribution >= 0.6 is 11.3 Å². The first-order valence-corrected chi connectivity index (χ1v) is 6.59. The van der Waals surface area contributed by atoms with Gasteiger partial charge in [0.15, 0.2) is 11.6 Å². The molecule has 0 bridgehead atoms. The highest BCUT2D eigenvalue weighted by Crippen LogP contribution is 2.39. The summed E-state index contributed by atoms with van der Waals surface area (Å²) in [6, 6.07) is 6.83. The van der Waals surface area contributed by atoms with Crippen LogP contribution in [-0.4, -0.2) is 7.11 Å². The maximum absolute atomic E-state index is 13.7. The second-order valence-corrected chi connectivity index (χ2v) is 4.99. The summed E-state index contributed by atoms with van der Waals surface area (Å²) in [6.45, 7) is 1.96. The maximum Gasteiger partial charge on any atom is 0.165 e. The summed E-state index contributed by atoms with van der Waals surface area (Å²) < 4.78 is 18.6. The molecular formula is C14H13FN2OS. The van der Waals surface area contributed by atoms with Crippen molar-refractivity contribution in [2.24, 2.45) is 0 Å². The second-order valence-electron chi connectivity index (χ2n) is 3.97. The number of halogens is 1. The lowest BCUT2D eigenvalue weighted by Crippen LogP contribution is -1.92. The fraction of sp³-hybridized carbons (Fsp3) is 0.214. The number of rotatable bonds is 3. The summed E-state index contributed by atoms with van der Waals surface area (Å²) in [6.07, 6.45) is 0.701. The zero-order chi connectivity index (χ0) is 14.0. The number of hydrogen-bond donors (Lipinski definition) is 1. The van der Waals surface area contributed by atoms with Gasteiger partial charge in [-0.15, -0.1) is 11.3 Å². The number of hydrogen-bond acceptors (Lipinski definition) is 4. The zero-order valence-electron chi connectivity index (χ0n) is 10.7. The van der Waals surface area contributed by atoms with Gasteiger partial charge in [-0.1, -0.05) is 6.92 Å². The van der Waals surface area contributed by atoms with Gasteiger partial charge in [0, 0.05) is 4.88 Å². The van der Waals surface area contributed by atoms with Crippen LogP contribution in [0, 0.1) is 17.1 Å². The van der Waals surface area contributed by atoms with Gasteiger partial charge in [0.25, 0.3) is 0 Å². The zero-order valence-corrected chi connectivity index (χ0v) is 11.5. The summed E-state index contributed by atoms with van der Waals surface area (Å²) in [5.74, 6) is -0.223. The van der Waals surface area contributed by atoms with E-state index < -0.39 is 5.82 Å². The van der Waals surface area contributed by atoms with Crippen LogP contribution in [-0.2, 0) is 6.42 Å². The summed E-state index contributed by atoms with van der Waals surface area (Å²) in [5, 5.41) is 9.02. The van der Waals surface area contributed by atoms with E-state index in [1.807, 2.05) is 6.92 Å². The average Bonchev–Trinajstić information content (AvgIpc) is 2.74. The molecule has 0 atom stereocenters. The lowest BCUT2D eigenvalue weighted by Gasteiger charge is -2.06. The smallest absolute Gasteiger partial charge is 0.165 e. The summed E-state index contributed by atoms with van der Waals surface area (Å²) in [7, 11) is 1.42. The largest absolute Gasteiger partial charge is 0.494 e. The Morgan fingerprint density at radius 1 is 1.47 bits per heavy atom. The molecule has 0 saturated heterocycles. The molecule has 0 fully saturated rings. The van der Waals surface area contributed by atoms with Crippen LogP contribution in [0.15, 0.2) is 18.2 Å². The highest BCUT2D eigenvalue weighted by atomic mass is 32.1. The van der Waals surface area contributed by atoms with Gasteiger partial charge in [0.2, 0.25) is 0 Å². The normalized spacial score (nSPS) is 10.2. The predicted octanol–water partition coefficient (Wildman–Crippen LogP) is 3.58. The third kappa shape index (κ3) is 2.27. The summed E-state index contributed by atoms with van der Waals surface area (Å²) in [5.41, 5.74) is 8.04. The number of nitrogen functional groups attached to an aromatic ring is 1. The number of nitriles is 1. The van der Waals surface area contributed by atoms with Gasteiger partial charge >= 0.3 is 0 Å². The predicted molar refractivity (Wildman–Crippen MR) is 74.8 cm³/mol. The molecule has 1 aromatic heterocycles. The van der Waals surface area contributed by atoms with Crippen molar-refractivity contribution in [3.8, 4) is 22.3 Å². The standard InChI is InChI=1S/C14H13FN2OS/c1-3-9-13(17)12(7-16)19-14(9)8-4-5-11(18-2)10(15)6-8/h4-6H,3,17H2,1-2H3. The first kappa shape index (κ1) is 13.4. The van der Waals surface area contributed by atoms with Gasteiger partial charge in [0.05, 0.1) is 12.8 Å². The van der Waals surface area contributed by atoms with E-state index in [0.717, 1.165) is 10.4 Å². The monoisotopic (exact) mass is 276 g/mol. The number of benzene rings is 1. The van der Waals surface area contributed by atoms with Gasteiger partial charge < -0.3 is 10.5 Å². The van der Waals surface area contributed by atoms with Crippen molar-refractivity contribution in [3.63, 3.8) is 0 Å². The molecule has 0 amide bonds. The van der Waals surface area contributed by atoms with E-state index in [4.69, 9.17) is 15.7 Å². The van der Waals surface area contributed by atoms with Gasteiger partial charge in [-0.25, -0.2) is 4.39 Å². The van der Waals surface area contributed by atoms with E-state index in [2.05, 4.69) is 6.07 Å². The van der Waals surface area contributed by atoms with Crippen molar-refractivity contribution in [2.45, 2.75) is 13.3 Å². The number of nitrogens with two attached hydrogens (primary N) is 1. The van der Waals surface area contributed by atoms with Crippen LogP contribution in [0.25, 0.3) is 10.4 Å². The molecule has 0 aliphatic rings. The quantitative estimate of drug-likeness (QED) is 0.932. The molecule has 19 heavy (non-hydrogen) atoms. The van der Waals surface area contributed by atoms with Gasteiger partial charge in [-0.2, -0.15) is 5.26 Å². The molecule has 2 N–H and O–H groups in total.